The summed E-state index contributed by atoms with van der Waals surface area (Å²) in [5, 5.41) is 9.35. The number of aliphatic hydroxyl groups is 1. The zero-order valence-corrected chi connectivity index (χ0v) is 7.62. The lowest BCUT2D eigenvalue weighted by atomic mass is 10.1. The van der Waals surface area contributed by atoms with E-state index in [0.717, 1.165) is 38.2 Å². The van der Waals surface area contributed by atoms with E-state index in [4.69, 9.17) is 4.74 Å². The first-order chi connectivity index (χ1) is 5.72. The van der Waals surface area contributed by atoms with Crippen LogP contribution in [-0.4, -0.2) is 42.9 Å². The van der Waals surface area contributed by atoms with Gasteiger partial charge in [0.1, 0.15) is 5.76 Å². The SMILES string of the molecule is C=C(CN1CCCC(O)C1)OC. The van der Waals surface area contributed by atoms with Crippen LogP contribution in [0.15, 0.2) is 12.3 Å². The molecular formula is C9H17NO2. The molecule has 1 unspecified atom stereocenters. The smallest absolute Gasteiger partial charge is 0.102 e. The molecule has 0 aromatic heterocycles. The second-order valence-electron chi connectivity index (χ2n) is 3.27. The van der Waals surface area contributed by atoms with E-state index in [-0.39, 0.29) is 6.10 Å². The lowest BCUT2D eigenvalue weighted by molar-refractivity contribution is 0.0680. The van der Waals surface area contributed by atoms with Crippen LogP contribution in [0, 0.1) is 0 Å². The van der Waals surface area contributed by atoms with Gasteiger partial charge in [-0.15, -0.1) is 0 Å². The molecule has 1 saturated heterocycles. The van der Waals surface area contributed by atoms with Gasteiger partial charge in [-0.1, -0.05) is 6.58 Å². The molecule has 3 heteroatoms. The molecule has 3 nitrogen and oxygen atoms in total. The third-order valence-corrected chi connectivity index (χ3v) is 2.17. The Morgan fingerprint density at radius 1 is 1.75 bits per heavy atom. The van der Waals surface area contributed by atoms with Crippen LogP contribution in [0.1, 0.15) is 12.8 Å². The largest absolute Gasteiger partial charge is 0.500 e. The van der Waals surface area contributed by atoms with Crippen LogP contribution in [0.5, 0.6) is 0 Å². The van der Waals surface area contributed by atoms with Gasteiger partial charge in [-0.2, -0.15) is 0 Å². The molecule has 1 aliphatic heterocycles. The van der Waals surface area contributed by atoms with Gasteiger partial charge in [0.05, 0.1) is 19.8 Å². The molecule has 1 aliphatic rings. The van der Waals surface area contributed by atoms with Crippen LogP contribution >= 0.6 is 0 Å². The zero-order valence-electron chi connectivity index (χ0n) is 7.62. The minimum Gasteiger partial charge on any atom is -0.500 e. The van der Waals surface area contributed by atoms with E-state index < -0.39 is 0 Å². The lowest BCUT2D eigenvalue weighted by Crippen LogP contribution is -2.39. The number of methoxy groups -OCH3 is 1. The second-order valence-corrected chi connectivity index (χ2v) is 3.27. The molecule has 70 valence electrons. The Morgan fingerprint density at radius 3 is 3.08 bits per heavy atom. The van der Waals surface area contributed by atoms with Crippen LogP contribution in [-0.2, 0) is 4.74 Å². The Morgan fingerprint density at radius 2 is 2.50 bits per heavy atom. The van der Waals surface area contributed by atoms with Crippen LogP contribution in [0.3, 0.4) is 0 Å². The maximum absolute atomic E-state index is 9.35. The molecule has 0 aromatic carbocycles. The van der Waals surface area contributed by atoms with E-state index in [1.54, 1.807) is 7.11 Å². The van der Waals surface area contributed by atoms with Crippen LogP contribution in [0.2, 0.25) is 0 Å². The summed E-state index contributed by atoms with van der Waals surface area (Å²) in [7, 11) is 1.63. The number of β-amino-alcohol motifs (C(OH)–C–C–N with tert-alkyl or cyclic N) is 1. The summed E-state index contributed by atoms with van der Waals surface area (Å²) in [6, 6.07) is 0. The Bertz CT molecular complexity index is 159. The number of hydrogen-bond acceptors (Lipinski definition) is 3. The normalized spacial score (nSPS) is 25.3. The summed E-state index contributed by atoms with van der Waals surface area (Å²) in [6.45, 7) is 6.28. The predicted molar refractivity (Wildman–Crippen MR) is 47.8 cm³/mol. The number of piperidine rings is 1. The Labute approximate surface area is 73.6 Å². The highest BCUT2D eigenvalue weighted by molar-refractivity contribution is 4.88. The standard InChI is InChI=1S/C9H17NO2/c1-8(12-2)6-10-5-3-4-9(11)7-10/h9,11H,1,3-7H2,2H3. The fraction of sp³-hybridized carbons (Fsp3) is 0.778. The summed E-state index contributed by atoms with van der Waals surface area (Å²) in [6.07, 6.45) is 1.83. The first-order valence-corrected chi connectivity index (χ1v) is 4.34. The van der Waals surface area contributed by atoms with Crippen molar-refractivity contribution in [3.8, 4) is 0 Å². The number of hydrogen-bond donors (Lipinski definition) is 1. The van der Waals surface area contributed by atoms with Crippen molar-refractivity contribution in [2.45, 2.75) is 18.9 Å². The molecule has 1 fully saturated rings. The number of ether oxygens (including phenoxy) is 1. The molecule has 0 amide bonds. The van der Waals surface area contributed by atoms with E-state index in [2.05, 4.69) is 11.5 Å². The predicted octanol–water partition coefficient (Wildman–Crippen LogP) is 0.603. The molecule has 12 heavy (non-hydrogen) atoms. The third kappa shape index (κ3) is 2.83. The topological polar surface area (TPSA) is 32.7 Å². The van der Waals surface area contributed by atoms with Gasteiger partial charge < -0.3 is 9.84 Å². The molecule has 1 atom stereocenters. The molecule has 0 aliphatic carbocycles. The quantitative estimate of drug-likeness (QED) is 0.631. The third-order valence-electron chi connectivity index (χ3n) is 2.17. The van der Waals surface area contributed by atoms with Crippen molar-refractivity contribution in [3.63, 3.8) is 0 Å². The van der Waals surface area contributed by atoms with Gasteiger partial charge >= 0.3 is 0 Å². The summed E-state index contributed by atoms with van der Waals surface area (Å²) in [5.41, 5.74) is 0. The summed E-state index contributed by atoms with van der Waals surface area (Å²) in [4.78, 5) is 2.17. The second kappa shape index (κ2) is 4.48. The molecule has 0 aromatic rings. The maximum atomic E-state index is 9.35. The van der Waals surface area contributed by atoms with Crippen molar-refractivity contribution < 1.29 is 9.84 Å². The summed E-state index contributed by atoms with van der Waals surface area (Å²) < 4.78 is 4.97. The molecule has 0 radical (unpaired) electrons. The average molecular weight is 171 g/mol. The van der Waals surface area contributed by atoms with Crippen molar-refractivity contribution in [3.05, 3.63) is 12.3 Å². The Balaban J connectivity index is 2.27. The van der Waals surface area contributed by atoms with E-state index in [9.17, 15) is 5.11 Å². The Hall–Kier alpha value is -0.540. The molecule has 1 rings (SSSR count). The maximum Gasteiger partial charge on any atom is 0.102 e. The number of rotatable bonds is 3. The van der Waals surface area contributed by atoms with E-state index >= 15 is 0 Å². The van der Waals surface area contributed by atoms with Gasteiger partial charge in [-0.05, 0) is 19.4 Å². The number of likely N-dealkylation sites (tertiary alicyclic amines) is 1. The fourth-order valence-electron chi connectivity index (χ4n) is 1.49. The van der Waals surface area contributed by atoms with Gasteiger partial charge in [0.25, 0.3) is 0 Å². The fourth-order valence-corrected chi connectivity index (χ4v) is 1.49. The highest BCUT2D eigenvalue weighted by Crippen LogP contribution is 2.10. The van der Waals surface area contributed by atoms with Crippen LogP contribution < -0.4 is 0 Å². The lowest BCUT2D eigenvalue weighted by Gasteiger charge is -2.29. The minimum atomic E-state index is -0.164. The molecule has 0 bridgehead atoms. The van der Waals surface area contributed by atoms with E-state index in [1.165, 1.54) is 0 Å². The number of nitrogens with zero attached hydrogens (tertiary/aromatic N) is 1. The van der Waals surface area contributed by atoms with Crippen molar-refractivity contribution in [1.29, 1.82) is 0 Å². The van der Waals surface area contributed by atoms with E-state index in [1.807, 2.05) is 0 Å². The van der Waals surface area contributed by atoms with Gasteiger partial charge in [0.2, 0.25) is 0 Å². The molecule has 0 saturated carbocycles. The van der Waals surface area contributed by atoms with Crippen molar-refractivity contribution in [2.75, 3.05) is 26.7 Å². The molecular weight excluding hydrogens is 154 g/mol. The first kappa shape index (κ1) is 9.55. The summed E-state index contributed by atoms with van der Waals surface area (Å²) >= 11 is 0. The number of aliphatic hydroxyl groups excluding tert-OH is 1. The van der Waals surface area contributed by atoms with Crippen molar-refractivity contribution >= 4 is 0 Å². The molecule has 1 N–H and O–H groups in total. The average Bonchev–Trinajstić information content (AvgIpc) is 2.04. The van der Waals surface area contributed by atoms with Crippen LogP contribution in [0.4, 0.5) is 0 Å². The van der Waals surface area contributed by atoms with Gasteiger partial charge in [-0.25, -0.2) is 0 Å². The highest BCUT2D eigenvalue weighted by atomic mass is 16.5. The first-order valence-electron chi connectivity index (χ1n) is 4.34. The van der Waals surface area contributed by atoms with Crippen molar-refractivity contribution in [2.24, 2.45) is 0 Å². The molecule has 1 heterocycles. The van der Waals surface area contributed by atoms with Gasteiger partial charge in [-0.3, -0.25) is 4.90 Å². The zero-order chi connectivity index (χ0) is 8.97. The minimum absolute atomic E-state index is 0.164. The molecule has 0 spiro atoms. The Kier molecular flexibility index (Phi) is 3.56. The van der Waals surface area contributed by atoms with Crippen molar-refractivity contribution in [1.82, 2.24) is 4.90 Å². The monoisotopic (exact) mass is 171 g/mol. The summed E-state index contributed by atoms with van der Waals surface area (Å²) in [5.74, 6) is 0.768. The van der Waals surface area contributed by atoms with E-state index in [0.29, 0.717) is 0 Å². The van der Waals surface area contributed by atoms with Crippen LogP contribution in [0.25, 0.3) is 0 Å². The van der Waals surface area contributed by atoms with Gasteiger partial charge in [0, 0.05) is 6.54 Å². The van der Waals surface area contributed by atoms with Gasteiger partial charge in [0.15, 0.2) is 0 Å². The highest BCUT2D eigenvalue weighted by Gasteiger charge is 2.17.